The van der Waals surface area contributed by atoms with Crippen molar-refractivity contribution in [1.29, 1.82) is 0 Å². The SMILES string of the molecule is C[C@@H](Cn1cc(C2CCC(F)(F)CC2)nn1)NC(=O)c1ccc2c(=O)n3c(nc2c1)CCCCCC3. The van der Waals surface area contributed by atoms with E-state index in [0.29, 0.717) is 42.4 Å². The quantitative estimate of drug-likeness (QED) is 0.569. The number of hydrogen-bond donors (Lipinski definition) is 1. The third-order valence-corrected chi connectivity index (χ3v) is 7.36. The molecule has 0 saturated heterocycles. The number of nitrogens with one attached hydrogen (secondary N) is 1. The molecule has 10 heteroatoms. The Morgan fingerprint density at radius 3 is 2.78 bits per heavy atom. The first kappa shape index (κ1) is 24.5. The van der Waals surface area contributed by atoms with Crippen molar-refractivity contribution in [2.75, 3.05) is 0 Å². The molecule has 1 aliphatic heterocycles. The van der Waals surface area contributed by atoms with E-state index in [2.05, 4.69) is 15.6 Å². The van der Waals surface area contributed by atoms with Crippen molar-refractivity contribution in [3.8, 4) is 0 Å². The Morgan fingerprint density at radius 2 is 1.97 bits per heavy atom. The first-order valence-corrected chi connectivity index (χ1v) is 12.9. The maximum atomic E-state index is 13.4. The molecule has 1 atom stereocenters. The van der Waals surface area contributed by atoms with E-state index in [0.717, 1.165) is 43.6 Å². The summed E-state index contributed by atoms with van der Waals surface area (Å²) in [4.78, 5) is 30.7. The average molecular weight is 499 g/mol. The highest BCUT2D eigenvalue weighted by Crippen LogP contribution is 2.40. The van der Waals surface area contributed by atoms with Gasteiger partial charge in [0, 0.05) is 49.5 Å². The van der Waals surface area contributed by atoms with E-state index in [1.807, 2.05) is 6.92 Å². The molecule has 2 aromatic heterocycles. The lowest BCUT2D eigenvalue weighted by Crippen LogP contribution is -2.36. The molecule has 36 heavy (non-hydrogen) atoms. The molecule has 192 valence electrons. The number of aryl methyl sites for hydroxylation is 1. The lowest BCUT2D eigenvalue weighted by atomic mass is 9.85. The number of rotatable bonds is 5. The predicted octanol–water partition coefficient (Wildman–Crippen LogP) is 4.22. The van der Waals surface area contributed by atoms with Gasteiger partial charge in [0.1, 0.15) is 5.82 Å². The zero-order valence-corrected chi connectivity index (χ0v) is 20.6. The van der Waals surface area contributed by atoms with Gasteiger partial charge in [0.25, 0.3) is 11.5 Å². The molecule has 8 nitrogen and oxygen atoms in total. The third-order valence-electron chi connectivity index (χ3n) is 7.36. The molecule has 1 aromatic carbocycles. The minimum atomic E-state index is -2.57. The molecule has 0 bridgehead atoms. The Bertz CT molecular complexity index is 1310. The van der Waals surface area contributed by atoms with Gasteiger partial charge < -0.3 is 5.32 Å². The Balaban J connectivity index is 1.25. The molecule has 1 amide bonds. The number of fused-ring (bicyclic) bond motifs is 2. The van der Waals surface area contributed by atoms with E-state index in [-0.39, 0.29) is 36.3 Å². The van der Waals surface area contributed by atoms with Crippen LogP contribution in [0, 0.1) is 0 Å². The number of aromatic nitrogens is 5. The van der Waals surface area contributed by atoms with Crippen molar-refractivity contribution >= 4 is 16.8 Å². The van der Waals surface area contributed by atoms with Crippen LogP contribution in [0.1, 0.15) is 86.1 Å². The van der Waals surface area contributed by atoms with Crippen LogP contribution in [0.25, 0.3) is 10.9 Å². The number of carbonyl (C=O) groups excluding carboxylic acids is 1. The maximum absolute atomic E-state index is 13.4. The van der Waals surface area contributed by atoms with Gasteiger partial charge in [0.05, 0.1) is 23.1 Å². The van der Waals surface area contributed by atoms with Crippen molar-refractivity contribution in [2.24, 2.45) is 0 Å². The largest absolute Gasteiger partial charge is 0.348 e. The molecule has 1 saturated carbocycles. The summed E-state index contributed by atoms with van der Waals surface area (Å²) in [6.45, 7) is 2.96. The van der Waals surface area contributed by atoms with Crippen LogP contribution in [-0.4, -0.2) is 42.4 Å². The fourth-order valence-electron chi connectivity index (χ4n) is 5.30. The van der Waals surface area contributed by atoms with E-state index >= 15 is 0 Å². The van der Waals surface area contributed by atoms with E-state index in [1.165, 1.54) is 0 Å². The monoisotopic (exact) mass is 498 g/mol. The van der Waals surface area contributed by atoms with Gasteiger partial charge in [-0.05, 0) is 50.8 Å². The first-order valence-electron chi connectivity index (χ1n) is 12.9. The van der Waals surface area contributed by atoms with Crippen LogP contribution in [0.3, 0.4) is 0 Å². The number of nitrogens with zero attached hydrogens (tertiary/aromatic N) is 5. The van der Waals surface area contributed by atoms with Gasteiger partial charge in [-0.1, -0.05) is 18.1 Å². The van der Waals surface area contributed by atoms with Crippen molar-refractivity contribution < 1.29 is 13.6 Å². The molecular formula is C26H32F2N6O2. The molecule has 0 unspecified atom stereocenters. The molecule has 1 aliphatic carbocycles. The van der Waals surface area contributed by atoms with Gasteiger partial charge in [-0.3, -0.25) is 18.8 Å². The lowest BCUT2D eigenvalue weighted by molar-refractivity contribution is -0.0385. The van der Waals surface area contributed by atoms with Crippen LogP contribution in [-0.2, 0) is 19.5 Å². The summed E-state index contributed by atoms with van der Waals surface area (Å²) >= 11 is 0. The standard InChI is InChI=1S/C26H32F2N6O2/c1-17(15-33-16-22(31-32-33)18-9-11-26(27,28)12-10-18)29-24(35)19-7-8-20-21(14-19)30-23-6-4-2-3-5-13-34(23)25(20)36/h7-8,14,16-18H,2-6,9-13,15H2,1H3,(H,29,35)/t17-/m0/s1. The summed E-state index contributed by atoms with van der Waals surface area (Å²) in [6.07, 6.45) is 7.37. The highest BCUT2D eigenvalue weighted by atomic mass is 19.3. The fourth-order valence-corrected chi connectivity index (χ4v) is 5.30. The molecule has 3 aromatic rings. The van der Waals surface area contributed by atoms with Crippen LogP contribution in [0.2, 0.25) is 0 Å². The zero-order valence-electron chi connectivity index (χ0n) is 20.6. The summed E-state index contributed by atoms with van der Waals surface area (Å²) < 4.78 is 30.3. The van der Waals surface area contributed by atoms with Crippen molar-refractivity contribution in [1.82, 2.24) is 29.9 Å². The summed E-state index contributed by atoms with van der Waals surface area (Å²) in [6, 6.07) is 4.79. The van der Waals surface area contributed by atoms with Crippen molar-refractivity contribution in [3.05, 3.63) is 51.8 Å². The Hall–Kier alpha value is -3.17. The van der Waals surface area contributed by atoms with Crippen LogP contribution >= 0.6 is 0 Å². The second-order valence-corrected chi connectivity index (χ2v) is 10.3. The zero-order chi connectivity index (χ0) is 25.3. The second kappa shape index (κ2) is 10.1. The smallest absolute Gasteiger partial charge is 0.261 e. The number of benzene rings is 1. The molecule has 1 fully saturated rings. The first-order chi connectivity index (χ1) is 17.3. The Labute approximate surface area is 208 Å². The number of alkyl halides is 2. The third kappa shape index (κ3) is 5.32. The van der Waals surface area contributed by atoms with Gasteiger partial charge >= 0.3 is 0 Å². The molecule has 3 heterocycles. The maximum Gasteiger partial charge on any atom is 0.261 e. The number of carbonyl (C=O) groups is 1. The fraction of sp³-hybridized carbons (Fsp3) is 0.577. The van der Waals surface area contributed by atoms with E-state index in [1.54, 1.807) is 33.6 Å². The predicted molar refractivity (Wildman–Crippen MR) is 131 cm³/mol. The van der Waals surface area contributed by atoms with Crippen molar-refractivity contribution in [2.45, 2.75) is 95.7 Å². The van der Waals surface area contributed by atoms with Gasteiger partial charge in [0.2, 0.25) is 5.92 Å². The van der Waals surface area contributed by atoms with E-state index < -0.39 is 5.92 Å². The van der Waals surface area contributed by atoms with Gasteiger partial charge in [-0.2, -0.15) is 0 Å². The highest BCUT2D eigenvalue weighted by molar-refractivity contribution is 5.97. The number of halogens is 2. The van der Waals surface area contributed by atoms with Crippen LogP contribution in [0.4, 0.5) is 8.78 Å². The minimum Gasteiger partial charge on any atom is -0.348 e. The summed E-state index contributed by atoms with van der Waals surface area (Å²) in [5.41, 5.74) is 1.68. The summed E-state index contributed by atoms with van der Waals surface area (Å²) in [7, 11) is 0. The number of amides is 1. The second-order valence-electron chi connectivity index (χ2n) is 10.3. The lowest BCUT2D eigenvalue weighted by Gasteiger charge is -2.26. The Morgan fingerprint density at radius 1 is 1.19 bits per heavy atom. The van der Waals surface area contributed by atoms with E-state index in [4.69, 9.17) is 4.98 Å². The molecular weight excluding hydrogens is 466 g/mol. The average Bonchev–Trinajstić information content (AvgIpc) is 3.28. The van der Waals surface area contributed by atoms with Crippen molar-refractivity contribution in [3.63, 3.8) is 0 Å². The Kier molecular flexibility index (Phi) is 6.85. The molecule has 2 aliphatic rings. The van der Waals surface area contributed by atoms with Gasteiger partial charge in [-0.15, -0.1) is 5.10 Å². The highest BCUT2D eigenvalue weighted by Gasteiger charge is 2.36. The molecule has 1 N–H and O–H groups in total. The molecule has 5 rings (SSSR count). The molecule has 0 radical (unpaired) electrons. The number of hydrogen-bond acceptors (Lipinski definition) is 5. The summed E-state index contributed by atoms with van der Waals surface area (Å²) in [5.74, 6) is -2.04. The normalized spacial score (nSPS) is 19.3. The molecule has 0 spiro atoms. The van der Waals surface area contributed by atoms with Crippen LogP contribution < -0.4 is 10.9 Å². The van der Waals surface area contributed by atoms with Crippen LogP contribution in [0.5, 0.6) is 0 Å². The van der Waals surface area contributed by atoms with Crippen LogP contribution in [0.15, 0.2) is 29.2 Å². The topological polar surface area (TPSA) is 94.7 Å². The van der Waals surface area contributed by atoms with E-state index in [9.17, 15) is 18.4 Å². The van der Waals surface area contributed by atoms with Gasteiger partial charge in [0.15, 0.2) is 0 Å². The van der Waals surface area contributed by atoms with Gasteiger partial charge in [-0.25, -0.2) is 13.8 Å². The minimum absolute atomic E-state index is 0.00291. The summed E-state index contributed by atoms with van der Waals surface area (Å²) in [5, 5.41) is 11.8.